The van der Waals surface area contributed by atoms with Gasteiger partial charge >= 0.3 is 0 Å². The van der Waals surface area contributed by atoms with E-state index in [2.05, 4.69) is 91.2 Å². The van der Waals surface area contributed by atoms with Gasteiger partial charge in [0.2, 0.25) is 0 Å². The zero-order chi connectivity index (χ0) is 26.4. The molecule has 0 aliphatic rings. The highest BCUT2D eigenvalue weighted by molar-refractivity contribution is 5.62. The average molecular weight is 510 g/mol. The molecule has 1 aromatic heterocycles. The van der Waals surface area contributed by atoms with Crippen LogP contribution in [-0.4, -0.2) is 11.2 Å². The van der Waals surface area contributed by atoms with Crippen LogP contribution in [0.2, 0.25) is 0 Å². The van der Waals surface area contributed by atoms with Crippen LogP contribution < -0.4 is 9.47 Å². The van der Waals surface area contributed by atoms with Gasteiger partial charge in [-0.3, -0.25) is 0 Å². The Labute approximate surface area is 229 Å². The number of rotatable bonds is 16. The van der Waals surface area contributed by atoms with Crippen molar-refractivity contribution in [1.29, 1.82) is 0 Å². The summed E-state index contributed by atoms with van der Waals surface area (Å²) in [4.78, 5) is 0. The van der Waals surface area contributed by atoms with Crippen LogP contribution in [0, 0.1) is 6.92 Å². The Hall–Kier alpha value is -3.46. The van der Waals surface area contributed by atoms with Crippen molar-refractivity contribution in [2.75, 3.05) is 6.61 Å². The molecule has 0 aliphatic carbocycles. The number of nitrogens with zero attached hydrogens (tertiary/aromatic N) is 1. The molecule has 200 valence electrons. The third kappa shape index (κ3) is 8.55. The van der Waals surface area contributed by atoms with E-state index in [1.54, 1.807) is 0 Å². The quantitative estimate of drug-likeness (QED) is 0.140. The van der Waals surface area contributed by atoms with E-state index >= 15 is 0 Å². The van der Waals surface area contributed by atoms with Crippen molar-refractivity contribution in [3.8, 4) is 22.8 Å². The predicted octanol–water partition coefficient (Wildman–Crippen LogP) is 9.41. The van der Waals surface area contributed by atoms with Gasteiger partial charge < -0.3 is 14.0 Å². The fourth-order valence-electron chi connectivity index (χ4n) is 4.82. The van der Waals surface area contributed by atoms with E-state index < -0.39 is 0 Å². The standard InChI is InChI=1S/C35H43NO2/c1-3-4-5-6-7-8-12-27-37-33-20-16-30(17-21-33)25-26-36-29(2)15-24-35(36)32-18-22-34(23-19-32)38-28-31-13-10-9-11-14-31/h9-11,13-24H,3-8,12,25-28H2,1-2H3. The lowest BCUT2D eigenvalue weighted by atomic mass is 10.1. The first-order valence-electron chi connectivity index (χ1n) is 14.4. The van der Waals surface area contributed by atoms with E-state index in [0.29, 0.717) is 6.61 Å². The molecule has 0 amide bonds. The predicted molar refractivity (Wildman–Crippen MR) is 159 cm³/mol. The summed E-state index contributed by atoms with van der Waals surface area (Å²) < 4.78 is 14.3. The summed E-state index contributed by atoms with van der Waals surface area (Å²) in [6.07, 6.45) is 10.1. The Bertz CT molecular complexity index is 1190. The molecule has 0 unspecified atom stereocenters. The number of ether oxygens (including phenoxy) is 2. The third-order valence-electron chi connectivity index (χ3n) is 7.16. The second-order valence-corrected chi connectivity index (χ2v) is 10.2. The Morgan fingerprint density at radius 3 is 2.00 bits per heavy atom. The molecular formula is C35H43NO2. The average Bonchev–Trinajstić information content (AvgIpc) is 3.33. The fraction of sp³-hybridized carbons (Fsp3) is 0.371. The lowest BCUT2D eigenvalue weighted by molar-refractivity contribution is 0.304. The normalized spacial score (nSPS) is 11.0. The van der Waals surface area contributed by atoms with E-state index in [4.69, 9.17) is 9.47 Å². The summed E-state index contributed by atoms with van der Waals surface area (Å²) >= 11 is 0. The van der Waals surface area contributed by atoms with Gasteiger partial charge in [-0.25, -0.2) is 0 Å². The highest BCUT2D eigenvalue weighted by Crippen LogP contribution is 2.26. The van der Waals surface area contributed by atoms with Crippen molar-refractivity contribution < 1.29 is 9.47 Å². The van der Waals surface area contributed by atoms with Gasteiger partial charge in [0.1, 0.15) is 18.1 Å². The zero-order valence-electron chi connectivity index (χ0n) is 23.2. The number of hydrogen-bond donors (Lipinski definition) is 0. The first kappa shape index (κ1) is 27.6. The van der Waals surface area contributed by atoms with Gasteiger partial charge in [-0.05, 0) is 85.0 Å². The van der Waals surface area contributed by atoms with Gasteiger partial charge in [0, 0.05) is 17.9 Å². The van der Waals surface area contributed by atoms with Crippen LogP contribution in [0.1, 0.15) is 68.7 Å². The Kier molecular flexibility index (Phi) is 10.9. The van der Waals surface area contributed by atoms with Gasteiger partial charge in [0.25, 0.3) is 0 Å². The summed E-state index contributed by atoms with van der Waals surface area (Å²) in [6, 6.07) is 31.8. The lowest BCUT2D eigenvalue weighted by Gasteiger charge is -2.13. The van der Waals surface area contributed by atoms with Crippen LogP contribution >= 0.6 is 0 Å². The number of benzene rings is 3. The molecule has 0 aliphatic heterocycles. The first-order valence-corrected chi connectivity index (χ1v) is 14.4. The third-order valence-corrected chi connectivity index (χ3v) is 7.16. The minimum atomic E-state index is 0.582. The zero-order valence-corrected chi connectivity index (χ0v) is 23.2. The molecule has 4 rings (SSSR count). The molecule has 3 aromatic carbocycles. The fourth-order valence-corrected chi connectivity index (χ4v) is 4.82. The summed E-state index contributed by atoms with van der Waals surface area (Å²) in [5.41, 5.74) is 6.23. The maximum Gasteiger partial charge on any atom is 0.119 e. The van der Waals surface area contributed by atoms with Gasteiger partial charge in [-0.2, -0.15) is 0 Å². The van der Waals surface area contributed by atoms with Crippen LogP contribution in [0.15, 0.2) is 91.0 Å². The summed E-state index contributed by atoms with van der Waals surface area (Å²) in [5.74, 6) is 1.87. The van der Waals surface area contributed by atoms with Crippen molar-refractivity contribution in [3.05, 3.63) is 108 Å². The highest BCUT2D eigenvalue weighted by Gasteiger charge is 2.09. The SMILES string of the molecule is CCCCCCCCCOc1ccc(CCn2c(C)ccc2-c2ccc(OCc3ccccc3)cc2)cc1. The monoisotopic (exact) mass is 509 g/mol. The molecule has 3 heteroatoms. The van der Waals surface area contributed by atoms with Crippen LogP contribution in [0.3, 0.4) is 0 Å². The molecule has 0 atom stereocenters. The van der Waals surface area contributed by atoms with E-state index in [1.165, 1.54) is 66.6 Å². The molecule has 0 spiro atoms. The second kappa shape index (κ2) is 15.1. The summed E-state index contributed by atoms with van der Waals surface area (Å²) in [5, 5.41) is 0. The Morgan fingerprint density at radius 1 is 0.605 bits per heavy atom. The highest BCUT2D eigenvalue weighted by atomic mass is 16.5. The van der Waals surface area contributed by atoms with Crippen LogP contribution in [0.5, 0.6) is 11.5 Å². The van der Waals surface area contributed by atoms with Crippen molar-refractivity contribution in [3.63, 3.8) is 0 Å². The van der Waals surface area contributed by atoms with Gasteiger partial charge in [-0.1, -0.05) is 87.9 Å². The van der Waals surface area contributed by atoms with Crippen molar-refractivity contribution in [2.45, 2.75) is 78.4 Å². The molecule has 0 saturated carbocycles. The molecule has 38 heavy (non-hydrogen) atoms. The molecule has 0 bridgehead atoms. The van der Waals surface area contributed by atoms with Gasteiger partial charge in [-0.15, -0.1) is 0 Å². The molecule has 0 saturated heterocycles. The minimum absolute atomic E-state index is 0.582. The van der Waals surface area contributed by atoms with E-state index in [1.807, 2.05) is 18.2 Å². The molecule has 1 heterocycles. The summed E-state index contributed by atoms with van der Waals surface area (Å²) in [6.45, 7) is 6.79. The maximum atomic E-state index is 5.97. The summed E-state index contributed by atoms with van der Waals surface area (Å²) in [7, 11) is 0. The number of hydrogen-bond acceptors (Lipinski definition) is 2. The lowest BCUT2D eigenvalue weighted by Crippen LogP contribution is -2.05. The van der Waals surface area contributed by atoms with E-state index in [9.17, 15) is 0 Å². The molecule has 3 nitrogen and oxygen atoms in total. The van der Waals surface area contributed by atoms with E-state index in [-0.39, 0.29) is 0 Å². The minimum Gasteiger partial charge on any atom is -0.494 e. The maximum absolute atomic E-state index is 5.97. The van der Waals surface area contributed by atoms with Gasteiger partial charge in [0.15, 0.2) is 0 Å². The van der Waals surface area contributed by atoms with E-state index in [0.717, 1.165) is 37.5 Å². The van der Waals surface area contributed by atoms with Crippen molar-refractivity contribution in [2.24, 2.45) is 0 Å². The number of unbranched alkanes of at least 4 members (excludes halogenated alkanes) is 6. The van der Waals surface area contributed by atoms with Crippen molar-refractivity contribution in [1.82, 2.24) is 4.57 Å². The van der Waals surface area contributed by atoms with Crippen LogP contribution in [0.25, 0.3) is 11.3 Å². The smallest absolute Gasteiger partial charge is 0.119 e. The molecule has 0 radical (unpaired) electrons. The van der Waals surface area contributed by atoms with Crippen LogP contribution in [0.4, 0.5) is 0 Å². The molecule has 0 N–H and O–H groups in total. The molecule has 0 fully saturated rings. The largest absolute Gasteiger partial charge is 0.494 e. The topological polar surface area (TPSA) is 23.4 Å². The van der Waals surface area contributed by atoms with Gasteiger partial charge in [0.05, 0.1) is 6.61 Å². The molecular weight excluding hydrogens is 466 g/mol. The Morgan fingerprint density at radius 2 is 1.26 bits per heavy atom. The number of aromatic nitrogens is 1. The Balaban J connectivity index is 1.24. The molecule has 4 aromatic rings. The first-order chi connectivity index (χ1) is 18.7. The second-order valence-electron chi connectivity index (χ2n) is 10.2. The van der Waals surface area contributed by atoms with Crippen LogP contribution in [-0.2, 0) is 19.6 Å². The number of aryl methyl sites for hydroxylation is 2. The van der Waals surface area contributed by atoms with Crippen molar-refractivity contribution >= 4 is 0 Å².